The van der Waals surface area contributed by atoms with Crippen LogP contribution in [-0.4, -0.2) is 38.9 Å². The van der Waals surface area contributed by atoms with Gasteiger partial charge in [-0.3, -0.25) is 0 Å². The van der Waals surface area contributed by atoms with Crippen molar-refractivity contribution in [1.29, 1.82) is 0 Å². The lowest BCUT2D eigenvalue weighted by atomic mass is 9.96. The Balaban J connectivity index is 2.43. The number of nitrogens with zero attached hydrogens (tertiary/aromatic N) is 6. The Bertz CT molecular complexity index is 734. The molecule has 0 saturated heterocycles. The van der Waals surface area contributed by atoms with Crippen molar-refractivity contribution in [2.45, 2.75) is 42.7 Å². The molecule has 2 rings (SSSR count). The summed E-state index contributed by atoms with van der Waals surface area (Å²) >= 11 is 0.828. The molecule has 0 aromatic carbocycles. The summed E-state index contributed by atoms with van der Waals surface area (Å²) < 4.78 is 40.3. The topological polar surface area (TPSA) is 85.8 Å². The molecule has 0 saturated carbocycles. The molecule has 0 aliphatic carbocycles. The number of nitrogens with two attached hydrogens (primary N) is 1. The summed E-state index contributed by atoms with van der Waals surface area (Å²) in [6, 6.07) is 0.887. The summed E-state index contributed by atoms with van der Waals surface area (Å²) in [5, 5.41) is 8.02. The summed E-state index contributed by atoms with van der Waals surface area (Å²) in [6.07, 6.45) is -4.57. The Morgan fingerprint density at radius 2 is 1.75 bits per heavy atom. The standard InChI is InChI=1S/C13H18F3N7S/c1-12(2,3)9-20-21-11(23(9)17)24-10-18-7(13(14,15)16)6-8(19-10)22(4)5/h6H,17H2,1-5H3. The first-order valence-electron chi connectivity index (χ1n) is 6.92. The van der Waals surface area contributed by atoms with Crippen LogP contribution >= 0.6 is 11.8 Å². The normalized spacial score (nSPS) is 12.5. The van der Waals surface area contributed by atoms with Gasteiger partial charge in [0.25, 0.3) is 0 Å². The number of anilines is 1. The lowest BCUT2D eigenvalue weighted by Crippen LogP contribution is -2.24. The van der Waals surface area contributed by atoms with Gasteiger partial charge in [-0.1, -0.05) is 20.8 Å². The van der Waals surface area contributed by atoms with Crippen LogP contribution in [0.2, 0.25) is 0 Å². The molecule has 0 amide bonds. The highest BCUT2D eigenvalue weighted by molar-refractivity contribution is 7.99. The molecule has 0 bridgehead atoms. The number of halogens is 3. The zero-order valence-corrected chi connectivity index (χ0v) is 14.7. The molecular formula is C13H18F3N7S. The molecule has 0 aliphatic heterocycles. The number of hydrogen-bond donors (Lipinski definition) is 1. The molecule has 2 aromatic rings. The Hall–Kier alpha value is -2.04. The van der Waals surface area contributed by atoms with E-state index in [1.807, 2.05) is 20.8 Å². The Morgan fingerprint density at radius 1 is 1.12 bits per heavy atom. The predicted molar refractivity (Wildman–Crippen MR) is 84.4 cm³/mol. The molecule has 0 unspecified atom stereocenters. The van der Waals surface area contributed by atoms with E-state index in [0.717, 1.165) is 17.8 Å². The minimum Gasteiger partial charge on any atom is -0.363 e. The minimum absolute atomic E-state index is 0.104. The molecule has 2 heterocycles. The molecule has 0 atom stereocenters. The second-order valence-electron chi connectivity index (χ2n) is 6.31. The second-order valence-corrected chi connectivity index (χ2v) is 7.25. The van der Waals surface area contributed by atoms with E-state index in [1.54, 1.807) is 14.1 Å². The summed E-state index contributed by atoms with van der Waals surface area (Å²) in [6.45, 7) is 5.71. The third kappa shape index (κ3) is 3.89. The van der Waals surface area contributed by atoms with Crippen molar-refractivity contribution in [2.75, 3.05) is 24.8 Å². The van der Waals surface area contributed by atoms with Crippen molar-refractivity contribution in [3.05, 3.63) is 17.6 Å². The number of rotatable bonds is 3. The number of alkyl halides is 3. The van der Waals surface area contributed by atoms with Crippen molar-refractivity contribution in [3.8, 4) is 0 Å². The smallest absolute Gasteiger partial charge is 0.363 e. The van der Waals surface area contributed by atoms with Crippen molar-refractivity contribution in [2.24, 2.45) is 0 Å². The van der Waals surface area contributed by atoms with Gasteiger partial charge in [0.1, 0.15) is 5.82 Å². The van der Waals surface area contributed by atoms with Crippen LogP contribution in [0.15, 0.2) is 16.4 Å². The molecule has 11 heteroatoms. The molecule has 24 heavy (non-hydrogen) atoms. The molecule has 2 aromatic heterocycles. The van der Waals surface area contributed by atoms with Gasteiger partial charge in [-0.2, -0.15) is 13.2 Å². The number of hydrogen-bond acceptors (Lipinski definition) is 7. The van der Waals surface area contributed by atoms with E-state index in [0.29, 0.717) is 5.82 Å². The Kier molecular flexibility index (Phi) is 4.66. The maximum absolute atomic E-state index is 13.0. The van der Waals surface area contributed by atoms with Crippen LogP contribution in [0.3, 0.4) is 0 Å². The first-order chi connectivity index (χ1) is 10.9. The van der Waals surface area contributed by atoms with E-state index >= 15 is 0 Å². The minimum atomic E-state index is -4.57. The van der Waals surface area contributed by atoms with Gasteiger partial charge in [0, 0.05) is 25.6 Å². The fourth-order valence-corrected chi connectivity index (χ4v) is 2.49. The van der Waals surface area contributed by atoms with Crippen molar-refractivity contribution in [1.82, 2.24) is 24.8 Å². The van der Waals surface area contributed by atoms with Crippen LogP contribution in [0.5, 0.6) is 0 Å². The average molecular weight is 361 g/mol. The van der Waals surface area contributed by atoms with Crippen LogP contribution < -0.4 is 10.7 Å². The quantitative estimate of drug-likeness (QED) is 0.663. The summed E-state index contributed by atoms with van der Waals surface area (Å²) in [5.74, 6) is 6.58. The monoisotopic (exact) mass is 361 g/mol. The molecule has 0 fully saturated rings. The fourth-order valence-electron chi connectivity index (χ4n) is 1.77. The summed E-state index contributed by atoms with van der Waals surface area (Å²) in [5.41, 5.74) is -1.38. The zero-order chi connectivity index (χ0) is 18.3. The Morgan fingerprint density at radius 3 is 2.21 bits per heavy atom. The van der Waals surface area contributed by atoms with E-state index in [4.69, 9.17) is 5.84 Å². The number of aromatic nitrogens is 5. The van der Waals surface area contributed by atoms with Crippen LogP contribution in [0.4, 0.5) is 19.0 Å². The number of nitrogen functional groups attached to an aromatic ring is 1. The molecular weight excluding hydrogens is 343 g/mol. The molecule has 7 nitrogen and oxygen atoms in total. The lowest BCUT2D eigenvalue weighted by Gasteiger charge is -2.17. The van der Waals surface area contributed by atoms with Crippen LogP contribution in [-0.2, 0) is 11.6 Å². The second kappa shape index (κ2) is 6.11. The van der Waals surface area contributed by atoms with Crippen LogP contribution in [0.25, 0.3) is 0 Å². The molecule has 132 valence electrons. The largest absolute Gasteiger partial charge is 0.433 e. The van der Waals surface area contributed by atoms with Gasteiger partial charge < -0.3 is 10.7 Å². The van der Waals surface area contributed by atoms with Gasteiger partial charge in [0.05, 0.1) is 0 Å². The molecule has 0 radical (unpaired) electrons. The maximum Gasteiger partial charge on any atom is 0.433 e. The SMILES string of the molecule is CN(C)c1cc(C(F)(F)F)nc(Sc2nnc(C(C)(C)C)n2N)n1. The van der Waals surface area contributed by atoms with Crippen LogP contribution in [0, 0.1) is 0 Å². The fraction of sp³-hybridized carbons (Fsp3) is 0.538. The van der Waals surface area contributed by atoms with E-state index in [9.17, 15) is 13.2 Å². The van der Waals surface area contributed by atoms with Crippen molar-refractivity contribution < 1.29 is 13.2 Å². The first-order valence-corrected chi connectivity index (χ1v) is 7.73. The van der Waals surface area contributed by atoms with Gasteiger partial charge in [-0.25, -0.2) is 14.6 Å². The summed E-state index contributed by atoms with van der Waals surface area (Å²) in [4.78, 5) is 9.12. The third-order valence-electron chi connectivity index (χ3n) is 2.96. The molecule has 0 aliphatic rings. The predicted octanol–water partition coefficient (Wildman–Crippen LogP) is 2.32. The van der Waals surface area contributed by atoms with E-state index in [1.165, 1.54) is 9.58 Å². The third-order valence-corrected chi connectivity index (χ3v) is 3.78. The van der Waals surface area contributed by atoms with Crippen molar-refractivity contribution in [3.63, 3.8) is 0 Å². The zero-order valence-electron chi connectivity index (χ0n) is 13.9. The molecule has 0 spiro atoms. The average Bonchev–Trinajstić information content (AvgIpc) is 2.78. The van der Waals surface area contributed by atoms with Gasteiger partial charge in [0.2, 0.25) is 5.16 Å². The highest BCUT2D eigenvalue weighted by Crippen LogP contribution is 2.33. The highest BCUT2D eigenvalue weighted by Gasteiger charge is 2.34. The van der Waals surface area contributed by atoms with Gasteiger partial charge in [-0.05, 0) is 11.8 Å². The first kappa shape index (κ1) is 18.3. The maximum atomic E-state index is 13.0. The highest BCUT2D eigenvalue weighted by atomic mass is 32.2. The van der Waals surface area contributed by atoms with E-state index in [2.05, 4.69) is 20.2 Å². The van der Waals surface area contributed by atoms with Gasteiger partial charge in [0.15, 0.2) is 16.7 Å². The van der Waals surface area contributed by atoms with Gasteiger partial charge >= 0.3 is 6.18 Å². The lowest BCUT2D eigenvalue weighted by molar-refractivity contribution is -0.141. The van der Waals surface area contributed by atoms with E-state index < -0.39 is 11.9 Å². The summed E-state index contributed by atoms with van der Waals surface area (Å²) in [7, 11) is 3.19. The van der Waals surface area contributed by atoms with Crippen molar-refractivity contribution >= 4 is 17.6 Å². The van der Waals surface area contributed by atoms with Gasteiger partial charge in [-0.15, -0.1) is 10.2 Å². The molecule has 2 N–H and O–H groups in total. The van der Waals surface area contributed by atoms with Crippen LogP contribution in [0.1, 0.15) is 32.3 Å². The van der Waals surface area contributed by atoms with E-state index in [-0.39, 0.29) is 21.5 Å². The Labute approximate surface area is 141 Å².